The largest absolute Gasteiger partial charge is 0.478 e. The Kier molecular flexibility index (Phi) is 5.09. The molecular weight excluding hydrogens is 328 g/mol. The highest BCUT2D eigenvalue weighted by Gasteiger charge is 2.43. The standard InChI is InChI=1S/C20H22N4O2/c21-9-15-4-5-20(23-10-15)25-8-6-16-14-26-19-13-24(12-18(16)19)11-17-3-1-2-7-22-17/h1-5,7,10,16,18-19H,6,8,11-14H2/t16-,18-,19-/m1/s1. The molecule has 0 saturated carbocycles. The van der Waals surface area contributed by atoms with Crippen LogP contribution >= 0.6 is 0 Å². The number of hydrogen-bond acceptors (Lipinski definition) is 6. The van der Waals surface area contributed by atoms with Crippen LogP contribution in [0.1, 0.15) is 17.7 Å². The van der Waals surface area contributed by atoms with Gasteiger partial charge in [-0.2, -0.15) is 5.26 Å². The van der Waals surface area contributed by atoms with Crippen molar-refractivity contribution in [2.24, 2.45) is 11.8 Å². The summed E-state index contributed by atoms with van der Waals surface area (Å²) in [6.45, 7) is 4.36. The van der Waals surface area contributed by atoms with Gasteiger partial charge in [0.15, 0.2) is 0 Å². The predicted molar refractivity (Wildman–Crippen MR) is 95.3 cm³/mol. The van der Waals surface area contributed by atoms with Crippen molar-refractivity contribution in [1.82, 2.24) is 14.9 Å². The fourth-order valence-electron chi connectivity index (χ4n) is 3.87. The summed E-state index contributed by atoms with van der Waals surface area (Å²) < 4.78 is 11.8. The van der Waals surface area contributed by atoms with Crippen LogP contribution in [0.5, 0.6) is 5.88 Å². The van der Waals surface area contributed by atoms with Gasteiger partial charge in [-0.25, -0.2) is 4.98 Å². The van der Waals surface area contributed by atoms with Gasteiger partial charge in [-0.1, -0.05) is 6.07 Å². The monoisotopic (exact) mass is 350 g/mol. The minimum absolute atomic E-state index is 0.330. The van der Waals surface area contributed by atoms with Gasteiger partial charge in [-0.15, -0.1) is 0 Å². The first-order valence-electron chi connectivity index (χ1n) is 9.04. The van der Waals surface area contributed by atoms with E-state index in [0.717, 1.165) is 38.4 Å². The normalized spacial score (nSPS) is 25.0. The third-order valence-corrected chi connectivity index (χ3v) is 5.23. The summed E-state index contributed by atoms with van der Waals surface area (Å²) in [6.07, 6.45) is 4.67. The number of pyridine rings is 2. The minimum Gasteiger partial charge on any atom is -0.478 e. The van der Waals surface area contributed by atoms with Gasteiger partial charge in [0.1, 0.15) is 6.07 Å². The lowest BCUT2D eigenvalue weighted by Crippen LogP contribution is -2.25. The highest BCUT2D eigenvalue weighted by Crippen LogP contribution is 2.35. The second-order valence-corrected chi connectivity index (χ2v) is 6.94. The predicted octanol–water partition coefficient (Wildman–Crippen LogP) is 2.26. The van der Waals surface area contributed by atoms with Gasteiger partial charge >= 0.3 is 0 Å². The van der Waals surface area contributed by atoms with E-state index in [1.54, 1.807) is 12.1 Å². The molecule has 4 heterocycles. The number of nitrogens with zero attached hydrogens (tertiary/aromatic N) is 4. The number of nitriles is 1. The molecule has 0 unspecified atom stereocenters. The number of likely N-dealkylation sites (tertiary alicyclic amines) is 1. The van der Waals surface area contributed by atoms with Crippen LogP contribution in [0.15, 0.2) is 42.7 Å². The first-order valence-corrected chi connectivity index (χ1v) is 9.04. The first kappa shape index (κ1) is 17.0. The van der Waals surface area contributed by atoms with E-state index in [1.807, 2.05) is 18.3 Å². The number of aromatic nitrogens is 2. The second-order valence-electron chi connectivity index (χ2n) is 6.94. The Labute approximate surface area is 153 Å². The van der Waals surface area contributed by atoms with E-state index < -0.39 is 0 Å². The van der Waals surface area contributed by atoms with Crippen molar-refractivity contribution in [3.05, 3.63) is 54.0 Å². The SMILES string of the molecule is N#Cc1ccc(OCC[C@@H]2CO[C@@H]3CN(Cc4ccccn4)C[C@H]23)nc1. The lowest BCUT2D eigenvalue weighted by Gasteiger charge is -2.19. The summed E-state index contributed by atoms with van der Waals surface area (Å²) in [6, 6.07) is 11.6. The molecule has 2 aromatic heterocycles. The Hall–Kier alpha value is -2.49. The molecule has 134 valence electrons. The zero-order chi connectivity index (χ0) is 17.8. The molecule has 0 bridgehead atoms. The van der Waals surface area contributed by atoms with E-state index in [-0.39, 0.29) is 0 Å². The van der Waals surface area contributed by atoms with Crippen LogP contribution in [0.4, 0.5) is 0 Å². The maximum atomic E-state index is 8.80. The fourth-order valence-corrected chi connectivity index (χ4v) is 3.87. The van der Waals surface area contributed by atoms with E-state index >= 15 is 0 Å². The zero-order valence-electron chi connectivity index (χ0n) is 14.6. The van der Waals surface area contributed by atoms with Gasteiger partial charge < -0.3 is 9.47 Å². The third-order valence-electron chi connectivity index (χ3n) is 5.23. The average molecular weight is 350 g/mol. The van der Waals surface area contributed by atoms with Crippen molar-refractivity contribution in [1.29, 1.82) is 5.26 Å². The topological polar surface area (TPSA) is 71.3 Å². The number of rotatable bonds is 6. The lowest BCUT2D eigenvalue weighted by molar-refractivity contribution is 0.0921. The van der Waals surface area contributed by atoms with Gasteiger partial charge in [0.25, 0.3) is 0 Å². The zero-order valence-corrected chi connectivity index (χ0v) is 14.6. The molecule has 0 radical (unpaired) electrons. The molecular formula is C20H22N4O2. The molecule has 0 aromatic carbocycles. The van der Waals surface area contributed by atoms with Crippen molar-refractivity contribution in [2.45, 2.75) is 19.1 Å². The lowest BCUT2D eigenvalue weighted by atomic mass is 9.91. The molecule has 4 rings (SSSR count). The maximum absolute atomic E-state index is 8.80. The molecule has 6 nitrogen and oxygen atoms in total. The molecule has 3 atom stereocenters. The average Bonchev–Trinajstić information content (AvgIpc) is 3.24. The second kappa shape index (κ2) is 7.81. The molecule has 0 aliphatic carbocycles. The van der Waals surface area contributed by atoms with Crippen molar-refractivity contribution in [2.75, 3.05) is 26.3 Å². The molecule has 6 heteroatoms. The number of fused-ring (bicyclic) bond motifs is 1. The van der Waals surface area contributed by atoms with Crippen LogP contribution in [-0.4, -0.2) is 47.3 Å². The van der Waals surface area contributed by atoms with Crippen LogP contribution in [0.25, 0.3) is 0 Å². The van der Waals surface area contributed by atoms with Crippen molar-refractivity contribution < 1.29 is 9.47 Å². The van der Waals surface area contributed by atoms with E-state index in [4.69, 9.17) is 14.7 Å². The molecule has 2 fully saturated rings. The summed E-state index contributed by atoms with van der Waals surface area (Å²) in [5, 5.41) is 8.80. The van der Waals surface area contributed by atoms with E-state index in [2.05, 4.69) is 27.0 Å². The maximum Gasteiger partial charge on any atom is 0.213 e. The van der Waals surface area contributed by atoms with Crippen LogP contribution in [0.3, 0.4) is 0 Å². The highest BCUT2D eigenvalue weighted by atomic mass is 16.5. The Morgan fingerprint density at radius 2 is 2.19 bits per heavy atom. The Morgan fingerprint density at radius 1 is 1.23 bits per heavy atom. The van der Waals surface area contributed by atoms with Crippen molar-refractivity contribution >= 4 is 0 Å². The molecule has 2 aromatic rings. The summed E-state index contributed by atoms with van der Waals surface area (Å²) in [4.78, 5) is 11.0. The molecule has 0 spiro atoms. The summed E-state index contributed by atoms with van der Waals surface area (Å²) in [7, 11) is 0. The van der Waals surface area contributed by atoms with E-state index in [9.17, 15) is 0 Å². The summed E-state index contributed by atoms with van der Waals surface area (Å²) in [5.74, 6) is 1.66. The van der Waals surface area contributed by atoms with Crippen LogP contribution in [-0.2, 0) is 11.3 Å². The van der Waals surface area contributed by atoms with Gasteiger partial charge in [0.2, 0.25) is 5.88 Å². The molecule has 26 heavy (non-hydrogen) atoms. The smallest absolute Gasteiger partial charge is 0.213 e. The number of ether oxygens (including phenoxy) is 2. The van der Waals surface area contributed by atoms with Gasteiger partial charge in [0, 0.05) is 44.0 Å². The molecule has 2 aliphatic heterocycles. The first-order chi connectivity index (χ1) is 12.8. The number of hydrogen-bond donors (Lipinski definition) is 0. The fraction of sp³-hybridized carbons (Fsp3) is 0.450. The van der Waals surface area contributed by atoms with E-state index in [1.165, 1.54) is 6.20 Å². The quantitative estimate of drug-likeness (QED) is 0.796. The highest BCUT2D eigenvalue weighted by molar-refractivity contribution is 5.28. The van der Waals surface area contributed by atoms with Gasteiger partial charge in [-0.3, -0.25) is 9.88 Å². The van der Waals surface area contributed by atoms with Crippen LogP contribution < -0.4 is 4.74 Å². The third kappa shape index (κ3) is 3.85. The minimum atomic E-state index is 0.330. The molecule has 2 aliphatic rings. The van der Waals surface area contributed by atoms with E-state index in [0.29, 0.717) is 36.0 Å². The molecule has 2 saturated heterocycles. The van der Waals surface area contributed by atoms with Crippen molar-refractivity contribution in [3.8, 4) is 11.9 Å². The summed E-state index contributed by atoms with van der Waals surface area (Å²) in [5.41, 5.74) is 1.66. The Bertz CT molecular complexity index is 760. The molecule has 0 N–H and O–H groups in total. The van der Waals surface area contributed by atoms with Crippen molar-refractivity contribution in [3.63, 3.8) is 0 Å². The Balaban J connectivity index is 1.26. The van der Waals surface area contributed by atoms with Gasteiger partial charge in [0.05, 0.1) is 30.6 Å². The summed E-state index contributed by atoms with van der Waals surface area (Å²) >= 11 is 0. The molecule has 0 amide bonds. The van der Waals surface area contributed by atoms with Crippen LogP contribution in [0.2, 0.25) is 0 Å². The van der Waals surface area contributed by atoms with Crippen LogP contribution in [0, 0.1) is 23.2 Å². The Morgan fingerprint density at radius 3 is 2.96 bits per heavy atom. The van der Waals surface area contributed by atoms with Gasteiger partial charge in [-0.05, 0) is 30.5 Å².